The Labute approximate surface area is 165 Å². The van der Waals surface area contributed by atoms with Gasteiger partial charge in [-0.2, -0.15) is 0 Å². The van der Waals surface area contributed by atoms with Crippen molar-refractivity contribution >= 4 is 11.8 Å². The Hall–Kier alpha value is -2.54. The Morgan fingerprint density at radius 1 is 1.21 bits per heavy atom. The largest absolute Gasteiger partial charge is 0.472 e. The van der Waals surface area contributed by atoms with Gasteiger partial charge < -0.3 is 19.1 Å². The van der Waals surface area contributed by atoms with E-state index >= 15 is 0 Å². The molecule has 3 heterocycles. The monoisotopic (exact) mass is 387 g/mol. The quantitative estimate of drug-likeness (QED) is 0.753. The number of likely N-dealkylation sites (N-methyl/N-ethyl adjacent to an activating group) is 1. The van der Waals surface area contributed by atoms with Gasteiger partial charge in [0.05, 0.1) is 24.1 Å². The molecule has 2 aromatic heterocycles. The molecule has 2 amide bonds. The van der Waals surface area contributed by atoms with E-state index in [9.17, 15) is 9.59 Å². The summed E-state index contributed by atoms with van der Waals surface area (Å²) in [5.74, 6) is 0.818. The minimum absolute atomic E-state index is 0.0247. The zero-order valence-electron chi connectivity index (χ0n) is 16.6. The van der Waals surface area contributed by atoms with E-state index in [0.29, 0.717) is 38.0 Å². The average molecular weight is 387 g/mol. The molecule has 0 bridgehead atoms. The second-order valence-electron chi connectivity index (χ2n) is 7.08. The van der Waals surface area contributed by atoms with Gasteiger partial charge in [0.15, 0.2) is 0 Å². The molecule has 1 fully saturated rings. The number of piperidine rings is 1. The molecule has 7 heteroatoms. The second-order valence-corrected chi connectivity index (χ2v) is 7.08. The first-order valence-corrected chi connectivity index (χ1v) is 10.0. The number of hydrogen-bond donors (Lipinski definition) is 1. The van der Waals surface area contributed by atoms with E-state index in [-0.39, 0.29) is 23.8 Å². The molecule has 1 atom stereocenters. The summed E-state index contributed by atoms with van der Waals surface area (Å²) in [6.07, 6.45) is 5.97. The predicted octanol–water partition coefficient (Wildman–Crippen LogP) is 2.92. The molecule has 0 saturated carbocycles. The fourth-order valence-corrected chi connectivity index (χ4v) is 3.81. The van der Waals surface area contributed by atoms with E-state index in [1.165, 1.54) is 12.5 Å². The first-order chi connectivity index (χ1) is 13.6. The third-order valence-corrected chi connectivity index (χ3v) is 5.52. The fraction of sp³-hybridized carbons (Fsp3) is 0.524. The highest BCUT2D eigenvalue weighted by Crippen LogP contribution is 2.22. The minimum Gasteiger partial charge on any atom is -0.472 e. The summed E-state index contributed by atoms with van der Waals surface area (Å²) in [4.78, 5) is 29.1. The van der Waals surface area contributed by atoms with Crippen molar-refractivity contribution in [3.05, 3.63) is 48.3 Å². The standard InChI is InChI=1S/C21H29N3O4/c1-3-23(4-2)18(19-6-5-12-28-19)14-22-20(25)16-7-10-24(11-8-16)21(26)17-9-13-27-15-17/h5-6,9,12-13,15-16,18H,3-4,7-8,10-11,14H2,1-2H3,(H,22,25). The Morgan fingerprint density at radius 3 is 2.54 bits per heavy atom. The Kier molecular flexibility index (Phi) is 6.92. The normalized spacial score (nSPS) is 16.3. The van der Waals surface area contributed by atoms with Gasteiger partial charge in [-0.1, -0.05) is 13.8 Å². The van der Waals surface area contributed by atoms with Crippen molar-refractivity contribution in [2.24, 2.45) is 5.92 Å². The molecule has 2 aromatic rings. The van der Waals surface area contributed by atoms with Gasteiger partial charge >= 0.3 is 0 Å². The van der Waals surface area contributed by atoms with Crippen LogP contribution >= 0.6 is 0 Å². The maximum absolute atomic E-state index is 12.7. The van der Waals surface area contributed by atoms with E-state index in [2.05, 4.69) is 24.1 Å². The van der Waals surface area contributed by atoms with E-state index in [0.717, 1.165) is 18.8 Å². The van der Waals surface area contributed by atoms with E-state index < -0.39 is 0 Å². The van der Waals surface area contributed by atoms with Crippen LogP contribution in [0.1, 0.15) is 48.8 Å². The van der Waals surface area contributed by atoms with Crippen molar-refractivity contribution in [2.45, 2.75) is 32.7 Å². The number of nitrogens with zero attached hydrogens (tertiary/aromatic N) is 2. The lowest BCUT2D eigenvalue weighted by Gasteiger charge is -2.32. The molecule has 0 spiro atoms. The van der Waals surface area contributed by atoms with Gasteiger partial charge in [0.25, 0.3) is 5.91 Å². The molecule has 1 N–H and O–H groups in total. The summed E-state index contributed by atoms with van der Waals surface area (Å²) in [6.45, 7) is 7.65. The number of furan rings is 2. The third-order valence-electron chi connectivity index (χ3n) is 5.52. The number of amides is 2. The zero-order chi connectivity index (χ0) is 19.9. The topological polar surface area (TPSA) is 78.9 Å². The lowest BCUT2D eigenvalue weighted by atomic mass is 9.95. The molecule has 7 nitrogen and oxygen atoms in total. The molecule has 28 heavy (non-hydrogen) atoms. The summed E-state index contributed by atoms with van der Waals surface area (Å²) in [6, 6.07) is 5.52. The summed E-state index contributed by atoms with van der Waals surface area (Å²) < 4.78 is 10.6. The summed E-state index contributed by atoms with van der Waals surface area (Å²) >= 11 is 0. The molecule has 0 radical (unpaired) electrons. The van der Waals surface area contributed by atoms with Crippen molar-refractivity contribution in [1.29, 1.82) is 0 Å². The van der Waals surface area contributed by atoms with Crippen LogP contribution in [0.4, 0.5) is 0 Å². The smallest absolute Gasteiger partial charge is 0.257 e. The van der Waals surface area contributed by atoms with Crippen LogP contribution in [-0.4, -0.2) is 54.3 Å². The Bertz CT molecular complexity index is 730. The lowest BCUT2D eigenvalue weighted by molar-refractivity contribution is -0.126. The minimum atomic E-state index is -0.0673. The summed E-state index contributed by atoms with van der Waals surface area (Å²) in [5, 5.41) is 3.10. The van der Waals surface area contributed by atoms with Crippen LogP contribution in [0, 0.1) is 5.92 Å². The number of carbonyl (C=O) groups excluding carboxylic acids is 2. The molecule has 1 unspecified atom stereocenters. The van der Waals surface area contributed by atoms with Gasteiger partial charge in [-0.25, -0.2) is 0 Å². The maximum Gasteiger partial charge on any atom is 0.257 e. The summed E-state index contributed by atoms with van der Waals surface area (Å²) in [5.41, 5.74) is 0.559. The van der Waals surface area contributed by atoms with Crippen LogP contribution in [0.15, 0.2) is 45.8 Å². The van der Waals surface area contributed by atoms with Crippen LogP contribution in [0.5, 0.6) is 0 Å². The van der Waals surface area contributed by atoms with Gasteiger partial charge in [0.1, 0.15) is 12.0 Å². The zero-order valence-corrected chi connectivity index (χ0v) is 16.6. The Balaban J connectivity index is 1.51. The van der Waals surface area contributed by atoms with Crippen LogP contribution in [0.3, 0.4) is 0 Å². The highest BCUT2D eigenvalue weighted by molar-refractivity contribution is 5.94. The number of hydrogen-bond acceptors (Lipinski definition) is 5. The molecular formula is C21H29N3O4. The average Bonchev–Trinajstić information content (AvgIpc) is 3.44. The Morgan fingerprint density at radius 2 is 1.96 bits per heavy atom. The molecule has 3 rings (SSSR count). The molecule has 152 valence electrons. The number of likely N-dealkylation sites (tertiary alicyclic amines) is 1. The molecule has 1 saturated heterocycles. The number of nitrogens with one attached hydrogen (secondary N) is 1. The molecule has 1 aliphatic heterocycles. The van der Waals surface area contributed by atoms with Crippen LogP contribution in [-0.2, 0) is 4.79 Å². The van der Waals surface area contributed by atoms with Crippen LogP contribution < -0.4 is 5.32 Å². The molecule has 0 aromatic carbocycles. The second kappa shape index (κ2) is 9.59. The van der Waals surface area contributed by atoms with Crippen molar-refractivity contribution in [2.75, 3.05) is 32.7 Å². The van der Waals surface area contributed by atoms with Gasteiger partial charge in [0, 0.05) is 25.6 Å². The SMILES string of the molecule is CCN(CC)C(CNC(=O)C1CCN(C(=O)c2ccoc2)CC1)c1ccco1. The molecular weight excluding hydrogens is 358 g/mol. The van der Waals surface area contributed by atoms with Gasteiger partial charge in [-0.15, -0.1) is 0 Å². The van der Waals surface area contributed by atoms with E-state index in [4.69, 9.17) is 8.83 Å². The lowest BCUT2D eigenvalue weighted by Crippen LogP contribution is -2.45. The third kappa shape index (κ3) is 4.65. The first kappa shape index (κ1) is 20.2. The van der Waals surface area contributed by atoms with E-state index in [1.807, 2.05) is 12.1 Å². The summed E-state index contributed by atoms with van der Waals surface area (Å²) in [7, 11) is 0. The number of carbonyl (C=O) groups is 2. The van der Waals surface area contributed by atoms with Crippen LogP contribution in [0.25, 0.3) is 0 Å². The van der Waals surface area contributed by atoms with E-state index in [1.54, 1.807) is 17.2 Å². The van der Waals surface area contributed by atoms with Gasteiger partial charge in [0.2, 0.25) is 5.91 Å². The van der Waals surface area contributed by atoms with Gasteiger partial charge in [-0.05, 0) is 44.1 Å². The molecule has 1 aliphatic rings. The fourth-order valence-electron chi connectivity index (χ4n) is 3.81. The van der Waals surface area contributed by atoms with Gasteiger partial charge in [-0.3, -0.25) is 14.5 Å². The first-order valence-electron chi connectivity index (χ1n) is 10.0. The van der Waals surface area contributed by atoms with Crippen molar-refractivity contribution in [1.82, 2.24) is 15.1 Å². The highest BCUT2D eigenvalue weighted by Gasteiger charge is 2.29. The highest BCUT2D eigenvalue weighted by atomic mass is 16.3. The van der Waals surface area contributed by atoms with Crippen molar-refractivity contribution in [3.63, 3.8) is 0 Å². The van der Waals surface area contributed by atoms with Crippen LogP contribution in [0.2, 0.25) is 0 Å². The van der Waals surface area contributed by atoms with Crippen molar-refractivity contribution < 1.29 is 18.4 Å². The molecule has 0 aliphatic carbocycles. The van der Waals surface area contributed by atoms with Crippen molar-refractivity contribution in [3.8, 4) is 0 Å². The predicted molar refractivity (Wildman–Crippen MR) is 105 cm³/mol. The maximum atomic E-state index is 12.7. The number of rotatable bonds is 8.